The Balaban J connectivity index is 1.65. The minimum Gasteiger partial charge on any atom is -0.497 e. The van der Waals surface area contributed by atoms with Crippen LogP contribution >= 0.6 is 11.3 Å². The van der Waals surface area contributed by atoms with Gasteiger partial charge in [0.05, 0.1) is 7.11 Å². The smallest absolute Gasteiger partial charge is 0.246 e. The van der Waals surface area contributed by atoms with E-state index in [9.17, 15) is 4.79 Å². The molecule has 9 heteroatoms. The molecule has 2 aromatic heterocycles. The van der Waals surface area contributed by atoms with Gasteiger partial charge in [-0.1, -0.05) is 6.07 Å². The van der Waals surface area contributed by atoms with Crippen molar-refractivity contribution in [1.29, 1.82) is 0 Å². The molecule has 0 fully saturated rings. The number of rotatable bonds is 12. The highest BCUT2D eigenvalue weighted by molar-refractivity contribution is 7.09. The van der Waals surface area contributed by atoms with Gasteiger partial charge in [0.25, 0.3) is 0 Å². The quantitative estimate of drug-likeness (QED) is 0.330. The highest BCUT2D eigenvalue weighted by Crippen LogP contribution is 2.18. The average molecular weight is 455 g/mol. The predicted molar refractivity (Wildman–Crippen MR) is 131 cm³/mol. The second-order valence-corrected chi connectivity index (χ2v) is 8.35. The van der Waals surface area contributed by atoms with Crippen LogP contribution in [0, 0.1) is 6.92 Å². The number of nitrogens with zero attached hydrogens (tertiary/aromatic N) is 2. The Kier molecular flexibility index (Phi) is 8.82. The fraction of sp³-hybridized carbons (Fsp3) is 0.348. The summed E-state index contributed by atoms with van der Waals surface area (Å²) >= 11 is 1.73. The molecular formula is C23H30N6O2S. The van der Waals surface area contributed by atoms with Crippen molar-refractivity contribution in [1.82, 2.24) is 9.97 Å². The first-order valence-electron chi connectivity index (χ1n) is 10.6. The minimum atomic E-state index is -0.478. The van der Waals surface area contributed by atoms with Crippen LogP contribution in [-0.4, -0.2) is 42.1 Å². The first-order chi connectivity index (χ1) is 15.6. The standard InChI is InChI=1S/C23H30N6O2S/c1-16-15-21(29-23(26-16)25-13-11-19-5-4-14-32-19)28-20(6-3-12-24)22(30)27-17-7-9-18(31-2)10-8-17/h4-5,7-10,14-15,20H,3,6,11-13,24H2,1-2H3,(H,27,30)(H2,25,26,28,29)/t20-/m0/s1. The van der Waals surface area contributed by atoms with Crippen LogP contribution in [-0.2, 0) is 11.2 Å². The molecule has 1 aromatic carbocycles. The second kappa shape index (κ2) is 12.0. The van der Waals surface area contributed by atoms with Gasteiger partial charge in [0.15, 0.2) is 0 Å². The molecule has 1 atom stereocenters. The third kappa shape index (κ3) is 7.21. The Labute approximate surface area is 192 Å². The van der Waals surface area contributed by atoms with E-state index in [-0.39, 0.29) is 5.91 Å². The predicted octanol–water partition coefficient (Wildman–Crippen LogP) is 3.67. The van der Waals surface area contributed by atoms with Crippen LogP contribution in [0.4, 0.5) is 17.5 Å². The Morgan fingerprint density at radius 2 is 2.03 bits per heavy atom. The highest BCUT2D eigenvalue weighted by Gasteiger charge is 2.19. The van der Waals surface area contributed by atoms with E-state index in [0.717, 1.165) is 24.4 Å². The van der Waals surface area contributed by atoms with Gasteiger partial charge in [-0.05, 0) is 68.4 Å². The van der Waals surface area contributed by atoms with Gasteiger partial charge in [-0.15, -0.1) is 11.3 Å². The van der Waals surface area contributed by atoms with Crippen molar-refractivity contribution < 1.29 is 9.53 Å². The van der Waals surface area contributed by atoms with Crippen molar-refractivity contribution in [2.45, 2.75) is 32.2 Å². The fourth-order valence-corrected chi connectivity index (χ4v) is 3.86. The number of carbonyl (C=O) groups is 1. The molecule has 0 radical (unpaired) electrons. The molecule has 0 saturated heterocycles. The number of ether oxygens (including phenoxy) is 1. The minimum absolute atomic E-state index is 0.146. The van der Waals surface area contributed by atoms with Crippen LogP contribution in [0.1, 0.15) is 23.4 Å². The van der Waals surface area contributed by atoms with Crippen molar-refractivity contribution in [3.8, 4) is 5.75 Å². The van der Waals surface area contributed by atoms with E-state index in [2.05, 4.69) is 37.4 Å². The number of aromatic nitrogens is 2. The first-order valence-corrected chi connectivity index (χ1v) is 11.5. The van der Waals surface area contributed by atoms with E-state index in [1.807, 2.05) is 19.1 Å². The summed E-state index contributed by atoms with van der Waals surface area (Å²) in [5.74, 6) is 1.73. The number of nitrogens with two attached hydrogens (primary N) is 1. The number of hydrogen-bond donors (Lipinski definition) is 4. The Bertz CT molecular complexity index is 979. The lowest BCUT2D eigenvalue weighted by Gasteiger charge is -2.19. The number of aryl methyl sites for hydroxylation is 1. The number of anilines is 3. The lowest BCUT2D eigenvalue weighted by atomic mass is 10.1. The number of hydrogen-bond acceptors (Lipinski definition) is 8. The maximum Gasteiger partial charge on any atom is 0.246 e. The first kappa shape index (κ1) is 23.5. The van der Waals surface area contributed by atoms with Crippen LogP contribution < -0.4 is 26.4 Å². The van der Waals surface area contributed by atoms with E-state index < -0.39 is 6.04 Å². The molecule has 0 unspecified atom stereocenters. The summed E-state index contributed by atoms with van der Waals surface area (Å²) in [7, 11) is 1.61. The van der Waals surface area contributed by atoms with Crippen LogP contribution in [0.5, 0.6) is 5.75 Å². The molecule has 32 heavy (non-hydrogen) atoms. The molecule has 2 heterocycles. The van der Waals surface area contributed by atoms with E-state index in [0.29, 0.717) is 36.8 Å². The molecule has 5 N–H and O–H groups in total. The normalized spacial score (nSPS) is 11.6. The van der Waals surface area contributed by atoms with Gasteiger partial charge in [0, 0.05) is 28.9 Å². The van der Waals surface area contributed by atoms with Crippen LogP contribution in [0.3, 0.4) is 0 Å². The Morgan fingerprint density at radius 1 is 1.22 bits per heavy atom. The van der Waals surface area contributed by atoms with Crippen LogP contribution in [0.15, 0.2) is 47.8 Å². The van der Waals surface area contributed by atoms with Gasteiger partial charge in [-0.2, -0.15) is 4.98 Å². The van der Waals surface area contributed by atoms with Gasteiger partial charge in [-0.3, -0.25) is 4.79 Å². The number of amides is 1. The zero-order chi connectivity index (χ0) is 22.8. The number of benzene rings is 1. The monoisotopic (exact) mass is 454 g/mol. The summed E-state index contributed by atoms with van der Waals surface area (Å²) in [4.78, 5) is 23.3. The number of methoxy groups -OCH3 is 1. The molecule has 0 spiro atoms. The van der Waals surface area contributed by atoms with Gasteiger partial charge >= 0.3 is 0 Å². The van der Waals surface area contributed by atoms with E-state index in [1.54, 1.807) is 42.7 Å². The zero-order valence-corrected chi connectivity index (χ0v) is 19.2. The summed E-state index contributed by atoms with van der Waals surface area (Å²) in [5, 5.41) is 11.5. The largest absolute Gasteiger partial charge is 0.497 e. The molecule has 3 aromatic rings. The molecule has 8 nitrogen and oxygen atoms in total. The molecule has 1 amide bonds. The maximum atomic E-state index is 12.9. The number of nitrogens with one attached hydrogen (secondary N) is 3. The van der Waals surface area contributed by atoms with Crippen LogP contribution in [0.25, 0.3) is 0 Å². The molecule has 0 saturated carbocycles. The lowest BCUT2D eigenvalue weighted by Crippen LogP contribution is -2.35. The topological polar surface area (TPSA) is 114 Å². The number of thiophene rings is 1. The van der Waals surface area contributed by atoms with Gasteiger partial charge in [0.1, 0.15) is 17.6 Å². The summed E-state index contributed by atoms with van der Waals surface area (Å²) in [6.07, 6.45) is 2.20. The SMILES string of the molecule is COc1ccc(NC(=O)[C@H](CCCN)Nc2cc(C)nc(NCCc3cccs3)n2)cc1. The third-order valence-electron chi connectivity index (χ3n) is 4.78. The third-order valence-corrected chi connectivity index (χ3v) is 5.72. The molecule has 0 aliphatic rings. The molecular weight excluding hydrogens is 424 g/mol. The molecule has 0 bridgehead atoms. The van der Waals surface area contributed by atoms with E-state index >= 15 is 0 Å². The lowest BCUT2D eigenvalue weighted by molar-refractivity contribution is -0.117. The zero-order valence-electron chi connectivity index (χ0n) is 18.4. The fourth-order valence-electron chi connectivity index (χ4n) is 3.15. The second-order valence-electron chi connectivity index (χ2n) is 7.32. The summed E-state index contributed by atoms with van der Waals surface area (Å²) in [6.45, 7) is 3.15. The summed E-state index contributed by atoms with van der Waals surface area (Å²) in [5.41, 5.74) is 7.20. The van der Waals surface area contributed by atoms with Gasteiger partial charge in [-0.25, -0.2) is 4.98 Å². The highest BCUT2D eigenvalue weighted by atomic mass is 32.1. The van der Waals surface area contributed by atoms with E-state index in [4.69, 9.17) is 10.5 Å². The van der Waals surface area contributed by atoms with Crippen molar-refractivity contribution in [2.24, 2.45) is 5.73 Å². The number of carbonyl (C=O) groups excluding carboxylic acids is 1. The van der Waals surface area contributed by atoms with Gasteiger partial charge < -0.3 is 26.4 Å². The van der Waals surface area contributed by atoms with Crippen molar-refractivity contribution in [3.05, 3.63) is 58.4 Å². The molecule has 3 rings (SSSR count). The summed E-state index contributed by atoms with van der Waals surface area (Å²) in [6, 6.07) is 12.7. The molecule has 0 aliphatic carbocycles. The van der Waals surface area contributed by atoms with Gasteiger partial charge in [0.2, 0.25) is 11.9 Å². The van der Waals surface area contributed by atoms with Crippen molar-refractivity contribution >= 4 is 34.7 Å². The van der Waals surface area contributed by atoms with Crippen molar-refractivity contribution in [2.75, 3.05) is 36.1 Å². The van der Waals surface area contributed by atoms with E-state index in [1.165, 1.54) is 4.88 Å². The average Bonchev–Trinajstić information content (AvgIpc) is 3.30. The van der Waals surface area contributed by atoms with Crippen molar-refractivity contribution in [3.63, 3.8) is 0 Å². The Hall–Kier alpha value is -3.17. The maximum absolute atomic E-state index is 12.9. The molecule has 170 valence electrons. The molecule has 0 aliphatic heterocycles. The summed E-state index contributed by atoms with van der Waals surface area (Å²) < 4.78 is 5.17. The van der Waals surface area contributed by atoms with Crippen LogP contribution in [0.2, 0.25) is 0 Å². The Morgan fingerprint density at radius 3 is 2.72 bits per heavy atom.